The first kappa shape index (κ1) is 21.1. The molecule has 0 bridgehead atoms. The molecule has 2 aliphatic rings. The second-order valence-electron chi connectivity index (χ2n) is 8.47. The molecule has 0 spiro atoms. The number of fused-ring (bicyclic) bond motifs is 1. The lowest BCUT2D eigenvalue weighted by Gasteiger charge is -2.24. The molecule has 2 aromatic carbocycles. The molecule has 0 unspecified atom stereocenters. The minimum Gasteiger partial charge on any atom is -0.390 e. The average molecular weight is 493 g/mol. The van der Waals surface area contributed by atoms with E-state index in [-0.39, 0.29) is 18.1 Å². The van der Waals surface area contributed by atoms with E-state index in [9.17, 15) is 4.79 Å². The summed E-state index contributed by atoms with van der Waals surface area (Å²) in [7, 11) is 0. The van der Waals surface area contributed by atoms with Gasteiger partial charge in [0.25, 0.3) is 0 Å². The molecule has 32 heavy (non-hydrogen) atoms. The van der Waals surface area contributed by atoms with Crippen LogP contribution in [0.1, 0.15) is 29.9 Å². The quantitative estimate of drug-likeness (QED) is 0.559. The summed E-state index contributed by atoms with van der Waals surface area (Å²) in [6.07, 6.45) is 3.29. The first-order chi connectivity index (χ1) is 15.7. The number of pyridine rings is 1. The van der Waals surface area contributed by atoms with Crippen molar-refractivity contribution in [1.82, 2.24) is 15.2 Å². The Morgan fingerprint density at radius 2 is 1.97 bits per heavy atom. The maximum absolute atomic E-state index is 13.2. The van der Waals surface area contributed by atoms with Crippen LogP contribution in [0.3, 0.4) is 0 Å². The van der Waals surface area contributed by atoms with Crippen LogP contribution in [0.5, 0.6) is 0 Å². The molecule has 3 aromatic rings. The number of rotatable bonds is 6. The zero-order valence-electron chi connectivity index (χ0n) is 17.7. The van der Waals surface area contributed by atoms with Gasteiger partial charge in [0.2, 0.25) is 5.91 Å². The van der Waals surface area contributed by atoms with Gasteiger partial charge in [0.05, 0.1) is 18.1 Å². The maximum atomic E-state index is 13.2. The number of benzene rings is 2. The van der Waals surface area contributed by atoms with Crippen LogP contribution in [-0.2, 0) is 16.2 Å². The van der Waals surface area contributed by atoms with E-state index in [1.807, 2.05) is 30.5 Å². The third kappa shape index (κ3) is 4.69. The van der Waals surface area contributed by atoms with Gasteiger partial charge in [0.15, 0.2) is 6.10 Å². The molecule has 3 heterocycles. The Balaban J connectivity index is 1.32. The Hall–Kier alpha value is -2.77. The Bertz CT molecular complexity index is 1140. The minimum absolute atomic E-state index is 0.0452. The Kier molecular flexibility index (Phi) is 6.19. The highest BCUT2D eigenvalue weighted by molar-refractivity contribution is 9.18. The van der Waals surface area contributed by atoms with E-state index in [2.05, 4.69) is 72.7 Å². The Labute approximate surface area is 195 Å². The SMILES string of the molecule is O=C(NC[C@@H]1CC(Br)=NO1)[C@@H]1C[C@H](c2ccccc2)CN1Cc1cnc2ccccc2c1. The molecule has 1 N–H and O–H groups in total. The van der Waals surface area contributed by atoms with E-state index in [4.69, 9.17) is 4.84 Å². The molecule has 2 aliphatic heterocycles. The van der Waals surface area contributed by atoms with E-state index < -0.39 is 0 Å². The fourth-order valence-electron chi connectivity index (χ4n) is 4.59. The van der Waals surface area contributed by atoms with Crippen LogP contribution in [0.15, 0.2) is 72.0 Å². The summed E-state index contributed by atoms with van der Waals surface area (Å²) in [6, 6.07) is 20.6. The number of carbonyl (C=O) groups is 1. The van der Waals surface area contributed by atoms with Crippen LogP contribution >= 0.6 is 15.9 Å². The molecule has 1 amide bonds. The average Bonchev–Trinajstić information content (AvgIpc) is 3.44. The van der Waals surface area contributed by atoms with Gasteiger partial charge in [-0.25, -0.2) is 0 Å². The zero-order valence-corrected chi connectivity index (χ0v) is 19.2. The summed E-state index contributed by atoms with van der Waals surface area (Å²) in [5.41, 5.74) is 3.38. The lowest BCUT2D eigenvalue weighted by molar-refractivity contribution is -0.126. The second kappa shape index (κ2) is 9.38. The highest BCUT2D eigenvalue weighted by atomic mass is 79.9. The molecule has 164 valence electrons. The number of nitrogens with zero attached hydrogens (tertiary/aromatic N) is 3. The van der Waals surface area contributed by atoms with Crippen molar-refractivity contribution in [3.05, 3.63) is 78.0 Å². The summed E-state index contributed by atoms with van der Waals surface area (Å²) < 4.78 is 0.784. The van der Waals surface area contributed by atoms with Crippen LogP contribution in [-0.4, -0.2) is 45.6 Å². The Morgan fingerprint density at radius 3 is 2.78 bits per heavy atom. The van der Waals surface area contributed by atoms with E-state index in [1.165, 1.54) is 5.56 Å². The third-order valence-corrected chi connectivity index (χ3v) is 6.68. The fourth-order valence-corrected chi connectivity index (χ4v) is 5.04. The van der Waals surface area contributed by atoms with Crippen LogP contribution in [0.2, 0.25) is 0 Å². The van der Waals surface area contributed by atoms with Gasteiger partial charge in [0.1, 0.15) is 4.62 Å². The van der Waals surface area contributed by atoms with E-state index in [1.54, 1.807) is 0 Å². The molecule has 1 aromatic heterocycles. The van der Waals surface area contributed by atoms with Crippen molar-refractivity contribution in [3.8, 4) is 0 Å². The Morgan fingerprint density at radius 1 is 1.16 bits per heavy atom. The molecule has 0 aliphatic carbocycles. The van der Waals surface area contributed by atoms with Gasteiger partial charge in [-0.2, -0.15) is 0 Å². The molecule has 6 nitrogen and oxygen atoms in total. The van der Waals surface area contributed by atoms with Gasteiger partial charge < -0.3 is 10.2 Å². The smallest absolute Gasteiger partial charge is 0.237 e. The molecule has 0 saturated carbocycles. The van der Waals surface area contributed by atoms with Crippen molar-refractivity contribution in [1.29, 1.82) is 0 Å². The van der Waals surface area contributed by atoms with Crippen LogP contribution in [0, 0.1) is 0 Å². The van der Waals surface area contributed by atoms with E-state index in [0.717, 1.165) is 34.1 Å². The molecular formula is C25H25BrN4O2. The molecule has 5 rings (SSSR count). The summed E-state index contributed by atoms with van der Waals surface area (Å²) >= 11 is 3.35. The van der Waals surface area contributed by atoms with Gasteiger partial charge in [-0.1, -0.05) is 53.7 Å². The molecule has 7 heteroatoms. The summed E-state index contributed by atoms with van der Waals surface area (Å²) in [6.45, 7) is 1.98. The van der Waals surface area contributed by atoms with Crippen molar-refractivity contribution in [2.75, 3.05) is 13.1 Å². The van der Waals surface area contributed by atoms with Crippen molar-refractivity contribution < 1.29 is 9.63 Å². The fraction of sp³-hybridized carbons (Fsp3) is 0.320. The summed E-state index contributed by atoms with van der Waals surface area (Å²) in [5.74, 6) is 0.365. The number of halogens is 1. The maximum Gasteiger partial charge on any atom is 0.237 e. The number of likely N-dealkylation sites (tertiary alicyclic amines) is 1. The number of oxime groups is 1. The first-order valence-electron chi connectivity index (χ1n) is 10.9. The van der Waals surface area contributed by atoms with Crippen molar-refractivity contribution in [3.63, 3.8) is 0 Å². The zero-order chi connectivity index (χ0) is 21.9. The lowest BCUT2D eigenvalue weighted by atomic mass is 9.96. The number of aromatic nitrogens is 1. The summed E-state index contributed by atoms with van der Waals surface area (Å²) in [5, 5.41) is 8.11. The highest BCUT2D eigenvalue weighted by Gasteiger charge is 2.37. The largest absolute Gasteiger partial charge is 0.390 e. The van der Waals surface area contributed by atoms with Gasteiger partial charge >= 0.3 is 0 Å². The van der Waals surface area contributed by atoms with E-state index >= 15 is 0 Å². The van der Waals surface area contributed by atoms with Gasteiger partial charge in [-0.3, -0.25) is 14.7 Å². The normalized spacial score (nSPS) is 23.2. The van der Waals surface area contributed by atoms with E-state index in [0.29, 0.717) is 25.4 Å². The van der Waals surface area contributed by atoms with Crippen molar-refractivity contribution in [2.24, 2.45) is 5.16 Å². The molecule has 1 saturated heterocycles. The molecule has 0 radical (unpaired) electrons. The monoisotopic (exact) mass is 492 g/mol. The minimum atomic E-state index is -0.197. The predicted molar refractivity (Wildman–Crippen MR) is 129 cm³/mol. The number of hydrogen-bond acceptors (Lipinski definition) is 5. The second-order valence-corrected chi connectivity index (χ2v) is 9.38. The van der Waals surface area contributed by atoms with Crippen LogP contribution in [0.4, 0.5) is 0 Å². The van der Waals surface area contributed by atoms with Crippen molar-refractivity contribution in [2.45, 2.75) is 37.5 Å². The molecule has 1 fully saturated rings. The summed E-state index contributed by atoms with van der Waals surface area (Å²) in [4.78, 5) is 25.4. The van der Waals surface area contributed by atoms with Crippen LogP contribution in [0.25, 0.3) is 10.9 Å². The number of para-hydroxylation sites is 1. The van der Waals surface area contributed by atoms with Gasteiger partial charge in [-0.15, -0.1) is 0 Å². The number of nitrogens with one attached hydrogen (secondary N) is 1. The third-order valence-electron chi connectivity index (χ3n) is 6.21. The number of carbonyl (C=O) groups excluding carboxylic acids is 1. The topological polar surface area (TPSA) is 66.8 Å². The highest BCUT2D eigenvalue weighted by Crippen LogP contribution is 2.33. The number of hydrogen-bond donors (Lipinski definition) is 1. The standard InChI is InChI=1S/C25H25BrN4O2/c26-24-12-21(32-29-24)14-28-25(31)23-11-20(18-6-2-1-3-7-18)16-30(23)15-17-10-19-8-4-5-9-22(19)27-13-17/h1-10,13,20-21,23H,11-12,14-16H2,(H,28,31)/t20-,21-,23-/m0/s1. The van der Waals surface area contributed by atoms with Crippen LogP contribution < -0.4 is 5.32 Å². The molecular weight excluding hydrogens is 468 g/mol. The molecule has 3 atom stereocenters. The van der Waals surface area contributed by atoms with Gasteiger partial charge in [0, 0.05) is 31.1 Å². The van der Waals surface area contributed by atoms with Crippen molar-refractivity contribution >= 4 is 37.4 Å². The lowest BCUT2D eigenvalue weighted by Crippen LogP contribution is -2.45. The van der Waals surface area contributed by atoms with Gasteiger partial charge in [-0.05, 0) is 51.5 Å². The predicted octanol–water partition coefficient (Wildman–Crippen LogP) is 4.21. The first-order valence-corrected chi connectivity index (χ1v) is 11.7. The number of amides is 1.